The lowest BCUT2D eigenvalue weighted by Gasteiger charge is -2.20. The van der Waals surface area contributed by atoms with Crippen molar-refractivity contribution in [1.82, 2.24) is 5.32 Å². The Hall–Kier alpha value is -1.45. The van der Waals surface area contributed by atoms with Gasteiger partial charge in [0.1, 0.15) is 23.9 Å². The van der Waals surface area contributed by atoms with E-state index < -0.39 is 0 Å². The third-order valence-corrected chi connectivity index (χ3v) is 3.40. The van der Waals surface area contributed by atoms with Crippen molar-refractivity contribution in [2.75, 3.05) is 0 Å². The lowest BCUT2D eigenvalue weighted by Crippen LogP contribution is -2.35. The van der Waals surface area contributed by atoms with E-state index in [2.05, 4.69) is 26.1 Å². The Balaban J connectivity index is 1.97. The summed E-state index contributed by atoms with van der Waals surface area (Å²) in [6.07, 6.45) is 0. The molecule has 1 aromatic heterocycles. The maximum absolute atomic E-state index is 6.06. The minimum atomic E-state index is 0.0813. The molecule has 2 rings (SSSR count). The van der Waals surface area contributed by atoms with Gasteiger partial charge in [-0.05, 0) is 45.9 Å². The second-order valence-electron chi connectivity index (χ2n) is 6.12. The van der Waals surface area contributed by atoms with Crippen LogP contribution >= 0.6 is 11.6 Å². The fourth-order valence-electron chi connectivity index (χ4n) is 1.91. The molecule has 1 heterocycles. The Morgan fingerprint density at radius 2 is 1.95 bits per heavy atom. The number of nitrogens with one attached hydrogen (secondary N) is 1. The SMILES string of the molecule is Cc1oc(COc2ccccc2Cl)cc1CNC(C)(C)C. The Morgan fingerprint density at radius 3 is 2.62 bits per heavy atom. The Bertz CT molecular complexity index is 599. The number of hydrogen-bond acceptors (Lipinski definition) is 3. The van der Waals surface area contributed by atoms with E-state index in [1.807, 2.05) is 37.3 Å². The smallest absolute Gasteiger partial charge is 0.146 e. The number of ether oxygens (including phenoxy) is 1. The van der Waals surface area contributed by atoms with Crippen LogP contribution in [0.2, 0.25) is 5.02 Å². The van der Waals surface area contributed by atoms with E-state index in [1.165, 1.54) is 0 Å². The van der Waals surface area contributed by atoms with E-state index >= 15 is 0 Å². The molecule has 0 spiro atoms. The largest absolute Gasteiger partial charge is 0.484 e. The van der Waals surface area contributed by atoms with Gasteiger partial charge in [-0.3, -0.25) is 0 Å². The van der Waals surface area contributed by atoms with Gasteiger partial charge < -0.3 is 14.5 Å². The van der Waals surface area contributed by atoms with E-state index in [-0.39, 0.29) is 5.54 Å². The molecule has 0 atom stereocenters. The molecular weight excluding hydrogens is 286 g/mol. The molecule has 0 saturated heterocycles. The quantitative estimate of drug-likeness (QED) is 0.868. The fraction of sp³-hybridized carbons (Fsp3) is 0.412. The van der Waals surface area contributed by atoms with Gasteiger partial charge in [0.2, 0.25) is 0 Å². The van der Waals surface area contributed by atoms with E-state index in [0.717, 1.165) is 23.6 Å². The van der Waals surface area contributed by atoms with Gasteiger partial charge in [0.05, 0.1) is 5.02 Å². The molecule has 4 heteroatoms. The molecule has 0 aliphatic heterocycles. The van der Waals surface area contributed by atoms with Crippen LogP contribution in [0.5, 0.6) is 5.75 Å². The number of furan rings is 1. The summed E-state index contributed by atoms with van der Waals surface area (Å²) < 4.78 is 11.4. The summed E-state index contributed by atoms with van der Waals surface area (Å²) in [6.45, 7) is 9.56. The first-order valence-electron chi connectivity index (χ1n) is 7.06. The van der Waals surface area contributed by atoms with E-state index in [4.69, 9.17) is 20.8 Å². The highest BCUT2D eigenvalue weighted by Gasteiger charge is 2.13. The van der Waals surface area contributed by atoms with E-state index in [0.29, 0.717) is 17.4 Å². The molecule has 0 aliphatic rings. The number of hydrogen-bond donors (Lipinski definition) is 1. The molecule has 0 unspecified atom stereocenters. The molecule has 0 aliphatic carbocycles. The van der Waals surface area contributed by atoms with Gasteiger partial charge in [-0.2, -0.15) is 0 Å². The Morgan fingerprint density at radius 1 is 1.24 bits per heavy atom. The summed E-state index contributed by atoms with van der Waals surface area (Å²) in [7, 11) is 0. The fourth-order valence-corrected chi connectivity index (χ4v) is 2.10. The minimum Gasteiger partial charge on any atom is -0.484 e. The molecule has 0 amide bonds. The molecule has 0 saturated carbocycles. The summed E-state index contributed by atoms with van der Waals surface area (Å²) in [5, 5.41) is 4.06. The normalized spacial score (nSPS) is 11.7. The molecule has 21 heavy (non-hydrogen) atoms. The van der Waals surface area contributed by atoms with Crippen LogP contribution in [0.15, 0.2) is 34.7 Å². The van der Waals surface area contributed by atoms with Gasteiger partial charge >= 0.3 is 0 Å². The summed E-state index contributed by atoms with van der Waals surface area (Å²) in [4.78, 5) is 0. The van der Waals surface area contributed by atoms with Crippen molar-refractivity contribution >= 4 is 11.6 Å². The molecule has 2 aromatic rings. The van der Waals surface area contributed by atoms with Gasteiger partial charge in [-0.25, -0.2) is 0 Å². The van der Waals surface area contributed by atoms with Crippen LogP contribution in [0.3, 0.4) is 0 Å². The summed E-state index contributed by atoms with van der Waals surface area (Å²) in [5.74, 6) is 2.39. The molecular formula is C17H22ClNO2. The summed E-state index contributed by atoms with van der Waals surface area (Å²) in [5.41, 5.74) is 1.24. The van der Waals surface area contributed by atoms with Gasteiger partial charge in [-0.1, -0.05) is 23.7 Å². The van der Waals surface area contributed by atoms with Gasteiger partial charge in [0, 0.05) is 17.6 Å². The Labute approximate surface area is 131 Å². The summed E-state index contributed by atoms with van der Waals surface area (Å²) in [6, 6.07) is 9.46. The predicted molar refractivity (Wildman–Crippen MR) is 85.8 cm³/mol. The van der Waals surface area contributed by atoms with Crippen molar-refractivity contribution in [2.24, 2.45) is 0 Å². The molecule has 1 N–H and O–H groups in total. The Kier molecular flexibility index (Phi) is 4.96. The maximum atomic E-state index is 6.06. The van der Waals surface area contributed by atoms with Crippen LogP contribution in [-0.2, 0) is 13.2 Å². The number of para-hydroxylation sites is 1. The third kappa shape index (κ3) is 4.80. The van der Waals surface area contributed by atoms with Crippen molar-refractivity contribution in [3.8, 4) is 5.75 Å². The lowest BCUT2D eigenvalue weighted by molar-refractivity contribution is 0.267. The average molecular weight is 308 g/mol. The first-order valence-corrected chi connectivity index (χ1v) is 7.43. The molecule has 0 bridgehead atoms. The second kappa shape index (κ2) is 6.54. The monoisotopic (exact) mass is 307 g/mol. The van der Waals surface area contributed by atoms with Crippen LogP contribution < -0.4 is 10.1 Å². The highest BCUT2D eigenvalue weighted by Crippen LogP contribution is 2.25. The highest BCUT2D eigenvalue weighted by atomic mass is 35.5. The van der Waals surface area contributed by atoms with Crippen molar-refractivity contribution in [2.45, 2.75) is 46.4 Å². The second-order valence-corrected chi connectivity index (χ2v) is 6.52. The zero-order chi connectivity index (χ0) is 15.5. The van der Waals surface area contributed by atoms with E-state index in [9.17, 15) is 0 Å². The van der Waals surface area contributed by atoms with Crippen LogP contribution in [0.25, 0.3) is 0 Å². The number of halogens is 1. The van der Waals surface area contributed by atoms with Crippen LogP contribution in [0.4, 0.5) is 0 Å². The van der Waals surface area contributed by atoms with Crippen LogP contribution in [-0.4, -0.2) is 5.54 Å². The molecule has 0 radical (unpaired) electrons. The van der Waals surface area contributed by atoms with Crippen molar-refractivity contribution in [1.29, 1.82) is 0 Å². The topological polar surface area (TPSA) is 34.4 Å². The molecule has 114 valence electrons. The maximum Gasteiger partial charge on any atom is 0.146 e. The number of benzene rings is 1. The van der Waals surface area contributed by atoms with Crippen LogP contribution in [0.1, 0.15) is 37.9 Å². The first-order chi connectivity index (χ1) is 9.85. The molecule has 3 nitrogen and oxygen atoms in total. The average Bonchev–Trinajstić information content (AvgIpc) is 2.75. The van der Waals surface area contributed by atoms with Crippen molar-refractivity contribution in [3.05, 3.63) is 52.4 Å². The standard InChI is InChI=1S/C17H22ClNO2/c1-12-13(10-19-17(2,3)4)9-14(21-12)11-20-16-8-6-5-7-15(16)18/h5-9,19H,10-11H2,1-4H3. The van der Waals surface area contributed by atoms with E-state index in [1.54, 1.807) is 0 Å². The number of rotatable bonds is 5. The van der Waals surface area contributed by atoms with Crippen LogP contribution in [0, 0.1) is 6.92 Å². The van der Waals surface area contributed by atoms with Gasteiger partial charge in [-0.15, -0.1) is 0 Å². The minimum absolute atomic E-state index is 0.0813. The molecule has 1 aromatic carbocycles. The highest BCUT2D eigenvalue weighted by molar-refractivity contribution is 6.32. The predicted octanol–water partition coefficient (Wildman–Crippen LogP) is 4.71. The van der Waals surface area contributed by atoms with Gasteiger partial charge in [0.25, 0.3) is 0 Å². The zero-order valence-corrected chi connectivity index (χ0v) is 13.8. The first kappa shape index (κ1) is 15.9. The van der Waals surface area contributed by atoms with Crippen molar-refractivity contribution in [3.63, 3.8) is 0 Å². The lowest BCUT2D eigenvalue weighted by atomic mass is 10.1. The molecule has 0 fully saturated rings. The summed E-state index contributed by atoms with van der Waals surface area (Å²) >= 11 is 6.06. The van der Waals surface area contributed by atoms with Gasteiger partial charge in [0.15, 0.2) is 0 Å². The third-order valence-electron chi connectivity index (χ3n) is 3.09. The zero-order valence-electron chi connectivity index (χ0n) is 13.0. The number of aryl methyl sites for hydroxylation is 1. The van der Waals surface area contributed by atoms with Crippen molar-refractivity contribution < 1.29 is 9.15 Å².